The first kappa shape index (κ1) is 15.1. The van der Waals surface area contributed by atoms with E-state index in [4.69, 9.17) is 4.42 Å². The van der Waals surface area contributed by atoms with Gasteiger partial charge in [-0.2, -0.15) is 11.8 Å². The molecule has 2 unspecified atom stereocenters. The van der Waals surface area contributed by atoms with Crippen molar-refractivity contribution in [3.05, 3.63) is 23.7 Å². The molecule has 5 heteroatoms. The average molecular weight is 271 g/mol. The van der Waals surface area contributed by atoms with E-state index in [0.29, 0.717) is 6.04 Å². The lowest BCUT2D eigenvalue weighted by Crippen LogP contribution is -2.33. The number of esters is 1. The number of ether oxygens (including phenoxy) is 1. The van der Waals surface area contributed by atoms with E-state index in [0.717, 1.165) is 11.5 Å². The lowest BCUT2D eigenvalue weighted by atomic mass is 10.2. The van der Waals surface area contributed by atoms with Gasteiger partial charge in [-0.1, -0.05) is 0 Å². The molecule has 2 atom stereocenters. The maximum absolute atomic E-state index is 11.3. The molecule has 0 fully saturated rings. The predicted molar refractivity (Wildman–Crippen MR) is 74.1 cm³/mol. The summed E-state index contributed by atoms with van der Waals surface area (Å²) in [5.41, 5.74) is 0. The van der Waals surface area contributed by atoms with Crippen molar-refractivity contribution in [1.29, 1.82) is 0 Å². The smallest absolute Gasteiger partial charge is 0.373 e. The number of methoxy groups -OCH3 is 1. The van der Waals surface area contributed by atoms with Crippen LogP contribution >= 0.6 is 11.8 Å². The number of nitrogens with zero attached hydrogens (tertiary/aromatic N) is 1. The van der Waals surface area contributed by atoms with Crippen molar-refractivity contribution in [3.8, 4) is 0 Å². The van der Waals surface area contributed by atoms with Gasteiger partial charge in [0.15, 0.2) is 0 Å². The Morgan fingerprint density at radius 1 is 1.50 bits per heavy atom. The summed E-state index contributed by atoms with van der Waals surface area (Å²) in [6.07, 6.45) is 2.09. The van der Waals surface area contributed by atoms with E-state index in [2.05, 4.69) is 36.8 Å². The maximum Gasteiger partial charge on any atom is 0.373 e. The SMILES string of the molecule is COC(=O)c1ccc(C(C)N(C)C(C)CSC)o1. The Bertz CT molecular complexity index is 391. The standard InChI is InChI=1S/C13H21NO3S/c1-9(8-18-5)14(3)10(2)11-6-7-12(17-11)13(15)16-4/h6-7,9-10H,8H2,1-5H3. The first-order valence-electron chi connectivity index (χ1n) is 5.90. The molecule has 0 saturated heterocycles. The van der Waals surface area contributed by atoms with Crippen LogP contribution in [0, 0.1) is 0 Å². The molecule has 18 heavy (non-hydrogen) atoms. The van der Waals surface area contributed by atoms with Gasteiger partial charge < -0.3 is 9.15 Å². The zero-order valence-corrected chi connectivity index (χ0v) is 12.4. The third-order valence-corrected chi connectivity index (χ3v) is 3.95. The van der Waals surface area contributed by atoms with Crippen LogP contribution in [-0.4, -0.2) is 43.1 Å². The maximum atomic E-state index is 11.3. The Balaban J connectivity index is 2.74. The fraction of sp³-hybridized carbons (Fsp3) is 0.615. The monoisotopic (exact) mass is 271 g/mol. The summed E-state index contributed by atoms with van der Waals surface area (Å²) in [7, 11) is 3.41. The Labute approximate surface area is 113 Å². The molecule has 0 saturated carbocycles. The zero-order valence-electron chi connectivity index (χ0n) is 11.6. The third-order valence-electron chi connectivity index (χ3n) is 3.14. The van der Waals surface area contributed by atoms with E-state index in [1.807, 2.05) is 17.8 Å². The van der Waals surface area contributed by atoms with Crippen molar-refractivity contribution < 1.29 is 13.9 Å². The largest absolute Gasteiger partial charge is 0.463 e. The molecule has 0 aliphatic rings. The van der Waals surface area contributed by atoms with Crippen LogP contribution in [0.5, 0.6) is 0 Å². The topological polar surface area (TPSA) is 42.7 Å². The van der Waals surface area contributed by atoms with Gasteiger partial charge >= 0.3 is 5.97 Å². The fourth-order valence-corrected chi connectivity index (χ4v) is 2.45. The quantitative estimate of drug-likeness (QED) is 0.744. The summed E-state index contributed by atoms with van der Waals surface area (Å²) >= 11 is 1.82. The Morgan fingerprint density at radius 3 is 2.72 bits per heavy atom. The highest BCUT2D eigenvalue weighted by atomic mass is 32.2. The molecular formula is C13H21NO3S. The molecule has 0 aliphatic carbocycles. The number of thioether (sulfide) groups is 1. The van der Waals surface area contributed by atoms with Crippen LogP contribution in [-0.2, 0) is 4.74 Å². The van der Waals surface area contributed by atoms with Gasteiger partial charge in [-0.25, -0.2) is 4.79 Å². The van der Waals surface area contributed by atoms with Crippen molar-refractivity contribution in [3.63, 3.8) is 0 Å². The zero-order chi connectivity index (χ0) is 13.7. The van der Waals surface area contributed by atoms with Gasteiger partial charge in [0, 0.05) is 11.8 Å². The highest BCUT2D eigenvalue weighted by molar-refractivity contribution is 7.98. The van der Waals surface area contributed by atoms with Crippen LogP contribution in [0.2, 0.25) is 0 Å². The molecule has 102 valence electrons. The summed E-state index contributed by atoms with van der Waals surface area (Å²) in [6.45, 7) is 4.24. The lowest BCUT2D eigenvalue weighted by molar-refractivity contribution is 0.0559. The molecule has 0 bridgehead atoms. The number of rotatable bonds is 6. The van der Waals surface area contributed by atoms with Crippen molar-refractivity contribution >= 4 is 17.7 Å². The minimum atomic E-state index is -0.437. The Morgan fingerprint density at radius 2 is 2.17 bits per heavy atom. The Hall–Kier alpha value is -0.940. The minimum absolute atomic E-state index is 0.130. The number of furan rings is 1. The van der Waals surface area contributed by atoms with Gasteiger partial charge in [0.25, 0.3) is 0 Å². The van der Waals surface area contributed by atoms with E-state index in [1.54, 1.807) is 6.07 Å². The molecule has 0 radical (unpaired) electrons. The fourth-order valence-electron chi connectivity index (χ4n) is 1.73. The highest BCUT2D eigenvalue weighted by Gasteiger charge is 2.21. The Kier molecular flexibility index (Phi) is 5.75. The van der Waals surface area contributed by atoms with E-state index in [9.17, 15) is 4.79 Å². The van der Waals surface area contributed by atoms with E-state index >= 15 is 0 Å². The summed E-state index contributed by atoms with van der Waals surface area (Å²) in [5.74, 6) is 1.66. The second-order valence-corrected chi connectivity index (χ2v) is 5.25. The molecule has 0 amide bonds. The average Bonchev–Trinajstić information content (AvgIpc) is 2.85. The van der Waals surface area contributed by atoms with Crippen LogP contribution in [0.25, 0.3) is 0 Å². The first-order chi connectivity index (χ1) is 8.51. The van der Waals surface area contributed by atoms with Crippen LogP contribution in [0.4, 0.5) is 0 Å². The van der Waals surface area contributed by atoms with Crippen LogP contribution < -0.4 is 0 Å². The number of carbonyl (C=O) groups is 1. The number of hydrogen-bond acceptors (Lipinski definition) is 5. The molecule has 0 aliphatic heterocycles. The highest BCUT2D eigenvalue weighted by Crippen LogP contribution is 2.24. The summed E-state index contributed by atoms with van der Waals surface area (Å²) in [5, 5.41) is 0. The number of carbonyl (C=O) groups excluding carboxylic acids is 1. The molecule has 1 aromatic heterocycles. The summed E-state index contributed by atoms with van der Waals surface area (Å²) in [6, 6.07) is 4.07. The van der Waals surface area contributed by atoms with E-state index < -0.39 is 5.97 Å². The van der Waals surface area contributed by atoms with Crippen molar-refractivity contribution in [2.45, 2.75) is 25.9 Å². The van der Waals surface area contributed by atoms with Gasteiger partial charge in [0.2, 0.25) is 5.76 Å². The second-order valence-electron chi connectivity index (χ2n) is 4.34. The second kappa shape index (κ2) is 6.85. The first-order valence-corrected chi connectivity index (χ1v) is 7.29. The number of hydrogen-bond donors (Lipinski definition) is 0. The van der Waals surface area contributed by atoms with Crippen molar-refractivity contribution in [2.24, 2.45) is 0 Å². The molecular weight excluding hydrogens is 250 g/mol. The van der Waals surface area contributed by atoms with Crippen LogP contribution in [0.1, 0.15) is 36.2 Å². The van der Waals surface area contributed by atoms with E-state index in [1.165, 1.54) is 7.11 Å². The van der Waals surface area contributed by atoms with Crippen LogP contribution in [0.15, 0.2) is 16.5 Å². The van der Waals surface area contributed by atoms with Crippen molar-refractivity contribution in [1.82, 2.24) is 4.90 Å². The summed E-state index contributed by atoms with van der Waals surface area (Å²) < 4.78 is 10.2. The summed E-state index contributed by atoms with van der Waals surface area (Å²) in [4.78, 5) is 13.6. The molecule has 0 aromatic carbocycles. The molecule has 0 N–H and O–H groups in total. The predicted octanol–water partition coefficient (Wildman–Crippen LogP) is 2.81. The van der Waals surface area contributed by atoms with Gasteiger partial charge in [0.1, 0.15) is 5.76 Å². The van der Waals surface area contributed by atoms with Crippen LogP contribution in [0.3, 0.4) is 0 Å². The van der Waals surface area contributed by atoms with Crippen molar-refractivity contribution in [2.75, 3.05) is 26.2 Å². The lowest BCUT2D eigenvalue weighted by Gasteiger charge is -2.29. The normalized spacial score (nSPS) is 14.6. The third kappa shape index (κ3) is 3.53. The van der Waals surface area contributed by atoms with Gasteiger partial charge in [-0.15, -0.1) is 0 Å². The molecule has 4 nitrogen and oxygen atoms in total. The molecule has 1 aromatic rings. The minimum Gasteiger partial charge on any atom is -0.463 e. The van der Waals surface area contributed by atoms with E-state index in [-0.39, 0.29) is 11.8 Å². The molecule has 0 spiro atoms. The molecule has 1 rings (SSSR count). The van der Waals surface area contributed by atoms with Gasteiger partial charge in [0.05, 0.1) is 13.2 Å². The van der Waals surface area contributed by atoms with Gasteiger partial charge in [-0.05, 0) is 39.3 Å². The van der Waals surface area contributed by atoms with Gasteiger partial charge in [-0.3, -0.25) is 4.90 Å². The molecule has 1 heterocycles.